The Morgan fingerprint density at radius 3 is 2.78 bits per heavy atom. The molecule has 1 amide bonds. The van der Waals surface area contributed by atoms with Gasteiger partial charge in [0.15, 0.2) is 6.73 Å². The number of rotatable bonds is 8. The Hall–Kier alpha value is -2.59. The molecule has 0 aliphatic heterocycles. The van der Waals surface area contributed by atoms with Crippen molar-refractivity contribution in [1.29, 1.82) is 0 Å². The Balaban J connectivity index is 1.88. The van der Waals surface area contributed by atoms with Crippen LogP contribution in [0.4, 0.5) is 13.2 Å². The molecule has 2 rings (SSSR count). The van der Waals surface area contributed by atoms with Crippen LogP contribution >= 0.6 is 0 Å². The molecule has 1 unspecified atom stereocenters. The van der Waals surface area contributed by atoms with Crippen molar-refractivity contribution < 1.29 is 27.8 Å². The molecule has 2 N–H and O–H groups in total. The van der Waals surface area contributed by atoms with E-state index in [9.17, 15) is 23.1 Å². The molecule has 2 aromatic rings. The van der Waals surface area contributed by atoms with Crippen LogP contribution in [-0.2, 0) is 12.9 Å². The average Bonchev–Trinajstić information content (AvgIpc) is 3.06. The summed E-state index contributed by atoms with van der Waals surface area (Å²) >= 11 is 0. The van der Waals surface area contributed by atoms with Crippen molar-refractivity contribution in [1.82, 2.24) is 20.0 Å². The second-order valence-corrected chi connectivity index (χ2v) is 6.17. The quantitative estimate of drug-likeness (QED) is 0.720. The number of alkyl halides is 3. The first kappa shape index (κ1) is 20.7. The molecular formula is C17H21F3N4O3. The molecule has 148 valence electrons. The summed E-state index contributed by atoms with van der Waals surface area (Å²) in [7, 11) is 3.61. The van der Waals surface area contributed by atoms with Gasteiger partial charge in [-0.3, -0.25) is 4.79 Å². The van der Waals surface area contributed by atoms with Gasteiger partial charge in [-0.15, -0.1) is 0 Å². The first-order valence-electron chi connectivity index (χ1n) is 8.09. The summed E-state index contributed by atoms with van der Waals surface area (Å²) in [5.41, 5.74) is -0.698. The van der Waals surface area contributed by atoms with E-state index in [0.717, 1.165) is 12.1 Å². The first-order chi connectivity index (χ1) is 12.6. The number of hydrogen-bond donors (Lipinski definition) is 2. The summed E-state index contributed by atoms with van der Waals surface area (Å²) in [6.45, 7) is 0.321. The van der Waals surface area contributed by atoms with Crippen LogP contribution < -0.4 is 10.1 Å². The lowest BCUT2D eigenvalue weighted by Crippen LogP contribution is -2.37. The number of benzene rings is 1. The SMILES string of the molecule is CN(C)CC(O)CNC(=O)c1ccn(COc2cccc(C(F)(F)F)c2)n1. The molecule has 0 spiro atoms. The molecule has 1 heterocycles. The monoisotopic (exact) mass is 386 g/mol. The molecule has 0 aliphatic rings. The van der Waals surface area contributed by atoms with Crippen molar-refractivity contribution >= 4 is 5.91 Å². The largest absolute Gasteiger partial charge is 0.471 e. The van der Waals surface area contributed by atoms with Crippen molar-refractivity contribution in [2.45, 2.75) is 19.0 Å². The Bertz CT molecular complexity index is 762. The molecule has 0 aliphatic carbocycles. The topological polar surface area (TPSA) is 79.6 Å². The minimum Gasteiger partial charge on any atom is -0.471 e. The third kappa shape index (κ3) is 6.57. The number of nitrogens with one attached hydrogen (secondary N) is 1. The molecule has 10 heteroatoms. The van der Waals surface area contributed by atoms with Crippen LogP contribution in [0.15, 0.2) is 36.5 Å². The Morgan fingerprint density at radius 2 is 2.11 bits per heavy atom. The van der Waals surface area contributed by atoms with Crippen LogP contribution in [0.2, 0.25) is 0 Å². The Labute approximate surface area is 154 Å². The average molecular weight is 386 g/mol. The zero-order valence-electron chi connectivity index (χ0n) is 14.9. The van der Waals surface area contributed by atoms with Crippen molar-refractivity contribution in [2.75, 3.05) is 27.2 Å². The number of aromatic nitrogens is 2. The highest BCUT2D eigenvalue weighted by atomic mass is 19.4. The van der Waals surface area contributed by atoms with Crippen molar-refractivity contribution in [3.8, 4) is 5.75 Å². The van der Waals surface area contributed by atoms with Gasteiger partial charge in [-0.2, -0.15) is 18.3 Å². The minimum atomic E-state index is -4.45. The Kier molecular flexibility index (Phi) is 6.81. The maximum Gasteiger partial charge on any atom is 0.416 e. The standard InChI is InChI=1S/C17H21F3N4O3/c1-23(2)10-13(25)9-21-16(26)15-6-7-24(22-15)11-27-14-5-3-4-12(8-14)17(18,19)20/h3-8,13,25H,9-11H2,1-2H3,(H,21,26). The van der Waals surface area contributed by atoms with Crippen molar-refractivity contribution in [3.63, 3.8) is 0 Å². The maximum atomic E-state index is 12.7. The van der Waals surface area contributed by atoms with Crippen LogP contribution in [0.25, 0.3) is 0 Å². The highest BCUT2D eigenvalue weighted by Crippen LogP contribution is 2.31. The van der Waals surface area contributed by atoms with Crippen LogP contribution in [0.5, 0.6) is 5.75 Å². The summed E-state index contributed by atoms with van der Waals surface area (Å²) in [5, 5.41) is 16.3. The van der Waals surface area contributed by atoms with E-state index in [1.54, 1.807) is 19.0 Å². The van der Waals surface area contributed by atoms with E-state index in [1.807, 2.05) is 0 Å². The molecule has 27 heavy (non-hydrogen) atoms. The van der Waals surface area contributed by atoms with Gasteiger partial charge in [-0.1, -0.05) is 6.07 Å². The van der Waals surface area contributed by atoms with Gasteiger partial charge in [0.2, 0.25) is 0 Å². The van der Waals surface area contributed by atoms with E-state index >= 15 is 0 Å². The molecule has 0 saturated heterocycles. The number of aliphatic hydroxyl groups is 1. The zero-order chi connectivity index (χ0) is 20.0. The van der Waals surface area contributed by atoms with Gasteiger partial charge in [-0.25, -0.2) is 4.68 Å². The fourth-order valence-corrected chi connectivity index (χ4v) is 2.24. The molecule has 1 aromatic heterocycles. The first-order valence-corrected chi connectivity index (χ1v) is 8.09. The predicted molar refractivity (Wildman–Crippen MR) is 91.2 cm³/mol. The fraction of sp³-hybridized carbons (Fsp3) is 0.412. The summed E-state index contributed by atoms with van der Waals surface area (Å²) in [5.74, 6) is -0.427. The number of ether oxygens (including phenoxy) is 1. The molecular weight excluding hydrogens is 365 g/mol. The molecule has 0 saturated carbocycles. The van der Waals surface area contributed by atoms with Gasteiger partial charge in [0, 0.05) is 19.3 Å². The van der Waals surface area contributed by atoms with Crippen molar-refractivity contribution in [3.05, 3.63) is 47.8 Å². The number of halogens is 3. The van der Waals surface area contributed by atoms with E-state index < -0.39 is 23.8 Å². The number of aliphatic hydroxyl groups excluding tert-OH is 1. The number of carbonyl (C=O) groups excluding carboxylic acids is 1. The van der Waals surface area contributed by atoms with Gasteiger partial charge >= 0.3 is 6.18 Å². The number of hydrogen-bond acceptors (Lipinski definition) is 5. The van der Waals surface area contributed by atoms with Gasteiger partial charge in [0.25, 0.3) is 5.91 Å². The van der Waals surface area contributed by atoms with Crippen LogP contribution in [0.1, 0.15) is 16.1 Å². The van der Waals surface area contributed by atoms with Gasteiger partial charge in [0.05, 0.1) is 11.7 Å². The van der Waals surface area contributed by atoms with Gasteiger partial charge in [0.1, 0.15) is 11.4 Å². The maximum absolute atomic E-state index is 12.7. The Morgan fingerprint density at radius 1 is 1.37 bits per heavy atom. The lowest BCUT2D eigenvalue weighted by molar-refractivity contribution is -0.137. The molecule has 1 aromatic carbocycles. The van der Waals surface area contributed by atoms with Crippen molar-refractivity contribution in [2.24, 2.45) is 0 Å². The highest BCUT2D eigenvalue weighted by Gasteiger charge is 2.30. The molecule has 0 radical (unpaired) electrons. The number of carbonyl (C=O) groups is 1. The number of nitrogens with zero attached hydrogens (tertiary/aromatic N) is 3. The van der Waals surface area contributed by atoms with E-state index in [2.05, 4.69) is 10.4 Å². The number of amides is 1. The second kappa shape index (κ2) is 8.87. The fourth-order valence-electron chi connectivity index (χ4n) is 2.24. The predicted octanol–water partition coefficient (Wildman–Crippen LogP) is 1.59. The molecule has 7 nitrogen and oxygen atoms in total. The van der Waals surface area contributed by atoms with Crippen LogP contribution in [-0.4, -0.2) is 59.0 Å². The van der Waals surface area contributed by atoms with Crippen LogP contribution in [0.3, 0.4) is 0 Å². The van der Waals surface area contributed by atoms with E-state index in [0.29, 0.717) is 6.54 Å². The summed E-state index contributed by atoms with van der Waals surface area (Å²) < 4.78 is 44.6. The van der Waals surface area contributed by atoms with E-state index in [1.165, 1.54) is 29.1 Å². The second-order valence-electron chi connectivity index (χ2n) is 6.17. The molecule has 1 atom stereocenters. The van der Waals surface area contributed by atoms with E-state index in [4.69, 9.17) is 4.74 Å². The smallest absolute Gasteiger partial charge is 0.416 e. The van der Waals surface area contributed by atoms with Crippen LogP contribution in [0, 0.1) is 0 Å². The molecule has 0 fully saturated rings. The number of likely N-dealkylation sites (N-methyl/N-ethyl adjacent to an activating group) is 1. The normalized spacial score (nSPS) is 12.9. The zero-order valence-corrected chi connectivity index (χ0v) is 14.9. The summed E-state index contributed by atoms with van der Waals surface area (Å²) in [6.07, 6.45) is -3.69. The summed E-state index contributed by atoms with van der Waals surface area (Å²) in [6, 6.07) is 5.94. The van der Waals surface area contributed by atoms with E-state index in [-0.39, 0.29) is 24.7 Å². The third-order valence-corrected chi connectivity index (χ3v) is 3.47. The van der Waals surface area contributed by atoms with Gasteiger partial charge in [-0.05, 0) is 38.4 Å². The lowest BCUT2D eigenvalue weighted by atomic mass is 10.2. The lowest BCUT2D eigenvalue weighted by Gasteiger charge is -2.15. The molecule has 0 bridgehead atoms. The third-order valence-electron chi connectivity index (χ3n) is 3.47. The highest BCUT2D eigenvalue weighted by molar-refractivity contribution is 5.92. The summed E-state index contributed by atoms with van der Waals surface area (Å²) in [4.78, 5) is 13.8. The minimum absolute atomic E-state index is 0.0399. The van der Waals surface area contributed by atoms with Gasteiger partial charge < -0.3 is 20.1 Å².